The van der Waals surface area contributed by atoms with Gasteiger partial charge in [0.1, 0.15) is 5.75 Å². The Bertz CT molecular complexity index is 338. The monoisotopic (exact) mass is 241 g/mol. The molecule has 1 aromatic rings. The first-order valence-corrected chi connectivity index (χ1v) is 5.58. The van der Waals surface area contributed by atoms with Gasteiger partial charge in [0.05, 0.1) is 6.04 Å². The van der Waals surface area contributed by atoms with Gasteiger partial charge in [0, 0.05) is 0 Å². The van der Waals surface area contributed by atoms with E-state index in [4.69, 9.17) is 0 Å². The third-order valence-corrected chi connectivity index (χ3v) is 2.31. The van der Waals surface area contributed by atoms with Gasteiger partial charge in [-0.15, -0.1) is 6.58 Å². The molecule has 94 valence electrons. The van der Waals surface area contributed by atoms with E-state index < -0.39 is 6.61 Å². The van der Waals surface area contributed by atoms with Gasteiger partial charge in [0.15, 0.2) is 0 Å². The number of rotatable bonds is 7. The first-order valence-electron chi connectivity index (χ1n) is 5.58. The standard InChI is InChI=1S/C13H17F2NO/c1-3-9-16-12(4-2)10-5-7-11(8-6-10)17-13(14)15/h4-8,12-13,16H,2-3,9H2,1H3. The maximum absolute atomic E-state index is 12.0. The zero-order valence-corrected chi connectivity index (χ0v) is 9.83. The fraction of sp³-hybridized carbons (Fsp3) is 0.385. The van der Waals surface area contributed by atoms with E-state index in [0.29, 0.717) is 0 Å². The van der Waals surface area contributed by atoms with Crippen molar-refractivity contribution in [3.63, 3.8) is 0 Å². The van der Waals surface area contributed by atoms with Crippen LogP contribution < -0.4 is 10.1 Å². The van der Waals surface area contributed by atoms with Crippen LogP contribution in [0.25, 0.3) is 0 Å². The highest BCUT2D eigenvalue weighted by Crippen LogP contribution is 2.19. The normalized spacial score (nSPS) is 12.5. The molecule has 0 saturated carbocycles. The van der Waals surface area contributed by atoms with Crippen molar-refractivity contribution < 1.29 is 13.5 Å². The van der Waals surface area contributed by atoms with Crippen LogP contribution in [0.15, 0.2) is 36.9 Å². The maximum Gasteiger partial charge on any atom is 0.387 e. The molecular formula is C13H17F2NO. The Morgan fingerprint density at radius 2 is 2.00 bits per heavy atom. The summed E-state index contributed by atoms with van der Waals surface area (Å²) in [6.45, 7) is 3.92. The predicted molar refractivity (Wildman–Crippen MR) is 64.3 cm³/mol. The highest BCUT2D eigenvalue weighted by atomic mass is 19.3. The predicted octanol–water partition coefficient (Wildman–Crippen LogP) is 3.51. The first kappa shape index (κ1) is 13.6. The van der Waals surface area contributed by atoms with Gasteiger partial charge in [-0.1, -0.05) is 25.1 Å². The SMILES string of the molecule is C=CC(NCCC)c1ccc(OC(F)F)cc1. The lowest BCUT2D eigenvalue weighted by Crippen LogP contribution is -2.20. The van der Waals surface area contributed by atoms with E-state index >= 15 is 0 Å². The van der Waals surface area contributed by atoms with E-state index in [2.05, 4.69) is 23.6 Å². The largest absolute Gasteiger partial charge is 0.435 e. The molecule has 17 heavy (non-hydrogen) atoms. The average molecular weight is 241 g/mol. The number of hydrogen-bond donors (Lipinski definition) is 1. The van der Waals surface area contributed by atoms with Gasteiger partial charge < -0.3 is 10.1 Å². The van der Waals surface area contributed by atoms with Crippen molar-refractivity contribution in [3.8, 4) is 5.75 Å². The molecule has 1 aromatic carbocycles. The van der Waals surface area contributed by atoms with E-state index in [1.807, 2.05) is 0 Å². The summed E-state index contributed by atoms with van der Waals surface area (Å²) in [5, 5.41) is 3.29. The molecule has 4 heteroatoms. The zero-order valence-electron chi connectivity index (χ0n) is 9.83. The van der Waals surface area contributed by atoms with Gasteiger partial charge in [-0.05, 0) is 30.7 Å². The highest BCUT2D eigenvalue weighted by molar-refractivity contribution is 5.30. The summed E-state index contributed by atoms with van der Waals surface area (Å²) in [4.78, 5) is 0. The van der Waals surface area contributed by atoms with Crippen molar-refractivity contribution in [2.45, 2.75) is 26.0 Å². The van der Waals surface area contributed by atoms with Crippen molar-refractivity contribution in [3.05, 3.63) is 42.5 Å². The second-order valence-electron chi connectivity index (χ2n) is 3.62. The second-order valence-corrected chi connectivity index (χ2v) is 3.62. The summed E-state index contributed by atoms with van der Waals surface area (Å²) >= 11 is 0. The Labute approximate surface area is 100 Å². The van der Waals surface area contributed by atoms with Crippen molar-refractivity contribution in [1.29, 1.82) is 0 Å². The molecule has 1 unspecified atom stereocenters. The molecule has 0 radical (unpaired) electrons. The van der Waals surface area contributed by atoms with Crippen molar-refractivity contribution >= 4 is 0 Å². The van der Waals surface area contributed by atoms with Gasteiger partial charge >= 0.3 is 6.61 Å². The van der Waals surface area contributed by atoms with Crippen LogP contribution in [0.2, 0.25) is 0 Å². The van der Waals surface area contributed by atoms with Crippen LogP contribution in [0.5, 0.6) is 5.75 Å². The minimum Gasteiger partial charge on any atom is -0.435 e. The molecule has 0 aliphatic heterocycles. The van der Waals surface area contributed by atoms with Crippen molar-refractivity contribution in [2.75, 3.05) is 6.54 Å². The van der Waals surface area contributed by atoms with Crippen LogP contribution >= 0.6 is 0 Å². The quantitative estimate of drug-likeness (QED) is 0.737. The summed E-state index contributed by atoms with van der Waals surface area (Å²) in [6.07, 6.45) is 2.82. The molecule has 0 saturated heterocycles. The Morgan fingerprint density at radius 3 is 2.47 bits per heavy atom. The molecule has 0 aliphatic carbocycles. The summed E-state index contributed by atoms with van der Waals surface area (Å²) in [5.74, 6) is 0.169. The molecule has 0 heterocycles. The fourth-order valence-corrected chi connectivity index (χ4v) is 1.49. The van der Waals surface area contributed by atoms with E-state index in [1.165, 1.54) is 12.1 Å². The van der Waals surface area contributed by atoms with E-state index in [9.17, 15) is 8.78 Å². The van der Waals surface area contributed by atoms with Gasteiger partial charge in [0.25, 0.3) is 0 Å². The van der Waals surface area contributed by atoms with Crippen molar-refractivity contribution in [1.82, 2.24) is 5.32 Å². The number of alkyl halides is 2. The number of benzene rings is 1. The molecule has 0 spiro atoms. The summed E-state index contributed by atoms with van der Waals surface area (Å²) < 4.78 is 28.2. The van der Waals surface area contributed by atoms with E-state index in [0.717, 1.165) is 18.5 Å². The third kappa shape index (κ3) is 4.53. The molecule has 0 aromatic heterocycles. The lowest BCUT2D eigenvalue weighted by molar-refractivity contribution is -0.0498. The van der Waals surface area contributed by atoms with Gasteiger partial charge in [0.2, 0.25) is 0 Å². The molecule has 0 aliphatic rings. The molecule has 1 atom stereocenters. The Hall–Kier alpha value is -1.42. The maximum atomic E-state index is 12.0. The molecule has 1 N–H and O–H groups in total. The van der Waals surface area contributed by atoms with Crippen LogP contribution in [0.4, 0.5) is 8.78 Å². The second kappa shape index (κ2) is 7.01. The lowest BCUT2D eigenvalue weighted by atomic mass is 10.1. The molecular weight excluding hydrogens is 224 g/mol. The lowest BCUT2D eigenvalue weighted by Gasteiger charge is -2.15. The molecule has 1 rings (SSSR count). The topological polar surface area (TPSA) is 21.3 Å². The average Bonchev–Trinajstić information content (AvgIpc) is 2.31. The summed E-state index contributed by atoms with van der Waals surface area (Å²) in [5.41, 5.74) is 0.982. The first-order chi connectivity index (χ1) is 8.17. The Morgan fingerprint density at radius 1 is 1.35 bits per heavy atom. The van der Waals surface area contributed by atoms with Crippen LogP contribution in [-0.2, 0) is 0 Å². The van der Waals surface area contributed by atoms with Crippen LogP contribution in [0.3, 0.4) is 0 Å². The zero-order chi connectivity index (χ0) is 12.7. The smallest absolute Gasteiger partial charge is 0.387 e. The highest BCUT2D eigenvalue weighted by Gasteiger charge is 2.08. The molecule has 0 amide bonds. The molecule has 0 bridgehead atoms. The number of ether oxygens (including phenoxy) is 1. The van der Waals surface area contributed by atoms with Crippen LogP contribution in [0.1, 0.15) is 24.9 Å². The molecule has 0 fully saturated rings. The van der Waals surface area contributed by atoms with Gasteiger partial charge in [-0.3, -0.25) is 0 Å². The fourth-order valence-electron chi connectivity index (χ4n) is 1.49. The summed E-state index contributed by atoms with van der Waals surface area (Å²) in [7, 11) is 0. The van der Waals surface area contributed by atoms with Crippen LogP contribution in [-0.4, -0.2) is 13.2 Å². The summed E-state index contributed by atoms with van der Waals surface area (Å²) in [6, 6.07) is 6.62. The van der Waals surface area contributed by atoms with Gasteiger partial charge in [-0.2, -0.15) is 8.78 Å². The number of nitrogens with one attached hydrogen (secondary N) is 1. The minimum absolute atomic E-state index is 0.0375. The minimum atomic E-state index is -2.78. The van der Waals surface area contributed by atoms with E-state index in [-0.39, 0.29) is 11.8 Å². The molecule has 2 nitrogen and oxygen atoms in total. The Kier molecular flexibility index (Phi) is 5.63. The number of halogens is 2. The van der Waals surface area contributed by atoms with Crippen molar-refractivity contribution in [2.24, 2.45) is 0 Å². The van der Waals surface area contributed by atoms with Gasteiger partial charge in [-0.25, -0.2) is 0 Å². The third-order valence-electron chi connectivity index (χ3n) is 2.31. The number of hydrogen-bond acceptors (Lipinski definition) is 2. The Balaban J connectivity index is 2.67. The van der Waals surface area contributed by atoms with Crippen LogP contribution in [0, 0.1) is 0 Å². The van der Waals surface area contributed by atoms with E-state index in [1.54, 1.807) is 18.2 Å².